The lowest BCUT2D eigenvalue weighted by Gasteiger charge is -1.90. The molecule has 0 aliphatic carbocycles. The molecule has 0 saturated carbocycles. The molecular formula is C9H11ClN2S. The molecule has 2 nitrogen and oxygen atoms in total. The number of nitrogens with zero attached hydrogens (tertiary/aromatic N) is 2. The van der Waals surface area contributed by atoms with Gasteiger partial charge in [-0.2, -0.15) is 0 Å². The number of rotatable bonds is 0. The Balaban J connectivity index is 0.000000396. The van der Waals surface area contributed by atoms with Crippen LogP contribution in [0, 0.1) is 6.92 Å². The van der Waals surface area contributed by atoms with Gasteiger partial charge in [0.2, 0.25) is 0 Å². The quantitative estimate of drug-likeness (QED) is 0.626. The fourth-order valence-corrected chi connectivity index (χ4v) is 2.09. The number of aryl methyl sites for hydroxylation is 1. The van der Waals surface area contributed by atoms with E-state index in [0.29, 0.717) is 5.15 Å². The van der Waals surface area contributed by atoms with Crippen LogP contribution in [-0.2, 0) is 0 Å². The Kier molecular flexibility index (Phi) is 3.63. The van der Waals surface area contributed by atoms with Crippen LogP contribution in [0.1, 0.15) is 19.4 Å². The van der Waals surface area contributed by atoms with Gasteiger partial charge < -0.3 is 0 Å². The first-order chi connectivity index (χ1) is 6.29. The maximum atomic E-state index is 5.83. The second-order valence-corrected chi connectivity index (χ2v) is 3.50. The Hall–Kier alpha value is -0.670. The molecule has 2 rings (SSSR count). The van der Waals surface area contributed by atoms with Gasteiger partial charge in [-0.1, -0.05) is 25.4 Å². The molecule has 2 aromatic rings. The van der Waals surface area contributed by atoms with Crippen LogP contribution < -0.4 is 0 Å². The van der Waals surface area contributed by atoms with Crippen LogP contribution in [0.25, 0.3) is 10.2 Å². The molecule has 0 unspecified atom stereocenters. The van der Waals surface area contributed by atoms with E-state index in [-0.39, 0.29) is 0 Å². The van der Waals surface area contributed by atoms with Crippen LogP contribution in [0.2, 0.25) is 5.15 Å². The molecule has 0 aliphatic heterocycles. The largest absolute Gasteiger partial charge is 0.235 e. The molecule has 0 atom stereocenters. The van der Waals surface area contributed by atoms with Gasteiger partial charge in [-0.15, -0.1) is 11.3 Å². The summed E-state index contributed by atoms with van der Waals surface area (Å²) in [6.45, 7) is 6.02. The van der Waals surface area contributed by atoms with E-state index < -0.39 is 0 Å². The van der Waals surface area contributed by atoms with Gasteiger partial charge >= 0.3 is 0 Å². The first-order valence-corrected chi connectivity index (χ1v) is 5.39. The lowest BCUT2D eigenvalue weighted by atomic mass is 10.3. The standard InChI is InChI=1S/C7H5ClN2S.C2H6/c1-4-2-11-6-5(4)9-3-10-7(6)8;1-2/h2-3H,1H3;1-2H3. The number of fused-ring (bicyclic) bond motifs is 1. The molecule has 0 saturated heterocycles. The lowest BCUT2D eigenvalue weighted by molar-refractivity contribution is 1.22. The molecule has 0 aliphatic rings. The highest BCUT2D eigenvalue weighted by Gasteiger charge is 2.04. The highest BCUT2D eigenvalue weighted by molar-refractivity contribution is 7.18. The number of hydrogen-bond acceptors (Lipinski definition) is 3. The van der Waals surface area contributed by atoms with Crippen molar-refractivity contribution in [2.45, 2.75) is 20.8 Å². The van der Waals surface area contributed by atoms with Gasteiger partial charge in [0.1, 0.15) is 11.5 Å². The van der Waals surface area contributed by atoms with Gasteiger partial charge in [-0.25, -0.2) is 9.97 Å². The number of hydrogen-bond donors (Lipinski definition) is 0. The normalized spacial score (nSPS) is 9.54. The molecule has 0 aromatic carbocycles. The minimum absolute atomic E-state index is 0.549. The van der Waals surface area contributed by atoms with Gasteiger partial charge in [-0.3, -0.25) is 0 Å². The summed E-state index contributed by atoms with van der Waals surface area (Å²) in [4.78, 5) is 8.00. The Bertz CT molecular complexity index is 397. The smallest absolute Gasteiger partial charge is 0.150 e. The predicted octanol–water partition coefficient (Wildman–Crippen LogP) is 3.68. The Morgan fingerprint density at radius 2 is 2.00 bits per heavy atom. The Morgan fingerprint density at radius 3 is 2.62 bits per heavy atom. The van der Waals surface area contributed by atoms with Crippen molar-refractivity contribution in [3.8, 4) is 0 Å². The lowest BCUT2D eigenvalue weighted by Crippen LogP contribution is -1.79. The summed E-state index contributed by atoms with van der Waals surface area (Å²) in [6.07, 6.45) is 1.49. The van der Waals surface area contributed by atoms with Gasteiger partial charge in [0.25, 0.3) is 0 Å². The molecule has 0 N–H and O–H groups in total. The van der Waals surface area contributed by atoms with Crippen LogP contribution >= 0.6 is 22.9 Å². The maximum Gasteiger partial charge on any atom is 0.150 e. The fraction of sp³-hybridized carbons (Fsp3) is 0.333. The molecule has 13 heavy (non-hydrogen) atoms. The highest BCUT2D eigenvalue weighted by Crippen LogP contribution is 2.27. The summed E-state index contributed by atoms with van der Waals surface area (Å²) in [5.74, 6) is 0. The number of thiophene rings is 1. The topological polar surface area (TPSA) is 25.8 Å². The van der Waals surface area contributed by atoms with E-state index in [1.807, 2.05) is 26.2 Å². The number of aromatic nitrogens is 2. The minimum atomic E-state index is 0.549. The molecule has 0 spiro atoms. The van der Waals surface area contributed by atoms with Crippen LogP contribution in [0.15, 0.2) is 11.7 Å². The van der Waals surface area contributed by atoms with Gasteiger partial charge in [0, 0.05) is 0 Å². The number of halogens is 1. The average Bonchev–Trinajstić information content (AvgIpc) is 2.53. The van der Waals surface area contributed by atoms with E-state index >= 15 is 0 Å². The third-order valence-electron chi connectivity index (χ3n) is 1.49. The Morgan fingerprint density at radius 1 is 1.31 bits per heavy atom. The van der Waals surface area contributed by atoms with Crippen molar-refractivity contribution in [2.24, 2.45) is 0 Å². The van der Waals surface area contributed by atoms with Crippen molar-refractivity contribution in [3.05, 3.63) is 22.4 Å². The molecule has 4 heteroatoms. The van der Waals surface area contributed by atoms with E-state index in [0.717, 1.165) is 15.8 Å². The molecular weight excluding hydrogens is 204 g/mol. The highest BCUT2D eigenvalue weighted by atomic mass is 35.5. The van der Waals surface area contributed by atoms with Crippen molar-refractivity contribution in [2.75, 3.05) is 0 Å². The first-order valence-electron chi connectivity index (χ1n) is 4.13. The monoisotopic (exact) mass is 214 g/mol. The molecule has 0 bridgehead atoms. The zero-order chi connectivity index (χ0) is 9.84. The van der Waals surface area contributed by atoms with Crippen molar-refractivity contribution in [1.82, 2.24) is 9.97 Å². The van der Waals surface area contributed by atoms with Gasteiger partial charge in [0.15, 0.2) is 0 Å². The molecule has 0 fully saturated rings. The van der Waals surface area contributed by atoms with Crippen LogP contribution in [0.3, 0.4) is 0 Å². The maximum absolute atomic E-state index is 5.83. The SMILES string of the molecule is CC.Cc1csc2c(Cl)ncnc12. The predicted molar refractivity (Wildman–Crippen MR) is 58.5 cm³/mol. The van der Waals surface area contributed by atoms with E-state index in [2.05, 4.69) is 9.97 Å². The zero-order valence-corrected chi connectivity index (χ0v) is 9.41. The molecule has 2 heterocycles. The summed E-state index contributed by atoms with van der Waals surface area (Å²) < 4.78 is 0.978. The van der Waals surface area contributed by atoms with Gasteiger partial charge in [0.05, 0.1) is 10.2 Å². The molecule has 2 aromatic heterocycles. The molecule has 70 valence electrons. The average molecular weight is 215 g/mol. The summed E-state index contributed by atoms with van der Waals surface area (Å²) in [6, 6.07) is 0. The summed E-state index contributed by atoms with van der Waals surface area (Å²) in [5, 5.41) is 2.58. The second kappa shape index (κ2) is 4.53. The third kappa shape index (κ3) is 1.98. The van der Waals surface area contributed by atoms with E-state index in [1.165, 1.54) is 6.33 Å². The van der Waals surface area contributed by atoms with E-state index in [4.69, 9.17) is 11.6 Å². The second-order valence-electron chi connectivity index (χ2n) is 2.26. The van der Waals surface area contributed by atoms with Gasteiger partial charge in [-0.05, 0) is 17.9 Å². The summed E-state index contributed by atoms with van der Waals surface area (Å²) >= 11 is 7.41. The summed E-state index contributed by atoms with van der Waals surface area (Å²) in [7, 11) is 0. The van der Waals surface area contributed by atoms with Crippen molar-refractivity contribution in [3.63, 3.8) is 0 Å². The van der Waals surface area contributed by atoms with Crippen molar-refractivity contribution >= 4 is 33.2 Å². The minimum Gasteiger partial charge on any atom is -0.235 e. The van der Waals surface area contributed by atoms with Crippen LogP contribution in [0.5, 0.6) is 0 Å². The van der Waals surface area contributed by atoms with Crippen LogP contribution in [0.4, 0.5) is 0 Å². The van der Waals surface area contributed by atoms with Crippen molar-refractivity contribution in [1.29, 1.82) is 0 Å². The van der Waals surface area contributed by atoms with E-state index in [1.54, 1.807) is 11.3 Å². The fourth-order valence-electron chi connectivity index (χ4n) is 0.941. The summed E-state index contributed by atoms with van der Waals surface area (Å²) in [5.41, 5.74) is 2.13. The molecule has 0 radical (unpaired) electrons. The first kappa shape index (κ1) is 10.4. The van der Waals surface area contributed by atoms with Crippen molar-refractivity contribution < 1.29 is 0 Å². The van der Waals surface area contributed by atoms with E-state index in [9.17, 15) is 0 Å². The Labute approximate surface area is 86.6 Å². The third-order valence-corrected chi connectivity index (χ3v) is 2.98. The van der Waals surface area contributed by atoms with Crippen LogP contribution in [-0.4, -0.2) is 9.97 Å². The molecule has 0 amide bonds. The zero-order valence-electron chi connectivity index (χ0n) is 7.84.